The average molecular weight is 391 g/mol. The smallest absolute Gasteiger partial charge is 0.325 e. The Kier molecular flexibility index (Phi) is 4.86. The molecular weight excluding hydrogens is 366 g/mol. The summed E-state index contributed by atoms with van der Waals surface area (Å²) in [4.78, 5) is 41.9. The Morgan fingerprint density at radius 3 is 2.45 bits per heavy atom. The Morgan fingerprint density at radius 1 is 1.07 bits per heavy atom. The molecule has 150 valence electrons. The van der Waals surface area contributed by atoms with Crippen molar-refractivity contribution in [3.8, 4) is 0 Å². The lowest BCUT2D eigenvalue weighted by Crippen LogP contribution is -2.59. The Bertz CT molecular complexity index is 952. The molecule has 4 rings (SSSR count). The number of amides is 4. The standard InChI is InChI=1S/C23H25N3O3/c1-16-11-17(2)13-19(12-16)20(27)25-10-6-9-23(15-25)21(28)26(22(29)24-23)14-18-7-4-3-5-8-18/h3-5,7-8,11-13H,6,9-10,14-15H2,1-2H3,(H,24,29). The molecule has 0 aliphatic carbocycles. The maximum absolute atomic E-state index is 13.2. The van der Waals surface area contributed by atoms with Gasteiger partial charge in [-0.1, -0.05) is 47.5 Å². The fourth-order valence-corrected chi connectivity index (χ4v) is 4.37. The first-order chi connectivity index (χ1) is 13.9. The highest BCUT2D eigenvalue weighted by atomic mass is 16.2. The number of benzene rings is 2. The van der Waals surface area contributed by atoms with Crippen LogP contribution in [0.2, 0.25) is 0 Å². The molecule has 2 saturated heterocycles. The molecule has 1 atom stereocenters. The molecule has 2 heterocycles. The third-order valence-corrected chi connectivity index (χ3v) is 5.68. The van der Waals surface area contributed by atoms with E-state index in [1.807, 2.05) is 62.4 Å². The molecule has 4 amide bonds. The third-order valence-electron chi connectivity index (χ3n) is 5.68. The number of likely N-dealkylation sites (tertiary alicyclic amines) is 1. The van der Waals surface area contributed by atoms with E-state index in [9.17, 15) is 14.4 Å². The van der Waals surface area contributed by atoms with Crippen LogP contribution in [0.5, 0.6) is 0 Å². The SMILES string of the molecule is Cc1cc(C)cc(C(=O)N2CCCC3(C2)NC(=O)N(Cc2ccccc2)C3=O)c1. The zero-order chi connectivity index (χ0) is 20.6. The lowest BCUT2D eigenvalue weighted by Gasteiger charge is -2.38. The van der Waals surface area contributed by atoms with Crippen LogP contribution in [0.25, 0.3) is 0 Å². The van der Waals surface area contributed by atoms with Gasteiger partial charge >= 0.3 is 6.03 Å². The Labute approximate surface area is 170 Å². The van der Waals surface area contributed by atoms with Crippen LogP contribution in [-0.2, 0) is 11.3 Å². The van der Waals surface area contributed by atoms with E-state index in [0.29, 0.717) is 24.9 Å². The fraction of sp³-hybridized carbons (Fsp3) is 0.348. The molecule has 1 unspecified atom stereocenters. The molecule has 2 aromatic rings. The Hall–Kier alpha value is -3.15. The molecule has 0 bridgehead atoms. The van der Waals surface area contributed by atoms with Crippen molar-refractivity contribution in [3.63, 3.8) is 0 Å². The molecule has 0 aromatic heterocycles. The first-order valence-electron chi connectivity index (χ1n) is 9.94. The van der Waals surface area contributed by atoms with Gasteiger partial charge in [0.1, 0.15) is 5.54 Å². The van der Waals surface area contributed by atoms with Crippen LogP contribution in [0.1, 0.15) is 39.9 Å². The van der Waals surface area contributed by atoms with E-state index < -0.39 is 5.54 Å². The highest BCUT2D eigenvalue weighted by Crippen LogP contribution is 2.30. The van der Waals surface area contributed by atoms with E-state index in [1.165, 1.54) is 4.90 Å². The van der Waals surface area contributed by atoms with Crippen molar-refractivity contribution in [2.24, 2.45) is 0 Å². The van der Waals surface area contributed by atoms with Crippen molar-refractivity contribution in [2.45, 2.75) is 38.8 Å². The number of imide groups is 1. The number of piperidine rings is 1. The van der Waals surface area contributed by atoms with Gasteiger partial charge in [-0.2, -0.15) is 0 Å². The molecular formula is C23H25N3O3. The minimum absolute atomic E-state index is 0.0977. The van der Waals surface area contributed by atoms with Gasteiger partial charge in [-0.05, 0) is 44.4 Å². The van der Waals surface area contributed by atoms with Crippen LogP contribution in [0, 0.1) is 13.8 Å². The molecule has 0 radical (unpaired) electrons. The minimum atomic E-state index is -1.03. The number of carbonyl (C=O) groups excluding carboxylic acids is 3. The van der Waals surface area contributed by atoms with Crippen LogP contribution in [0.15, 0.2) is 48.5 Å². The molecule has 6 nitrogen and oxygen atoms in total. The van der Waals surface area contributed by atoms with Gasteiger partial charge in [-0.25, -0.2) is 4.79 Å². The van der Waals surface area contributed by atoms with E-state index >= 15 is 0 Å². The van der Waals surface area contributed by atoms with Crippen molar-refractivity contribution in [3.05, 3.63) is 70.8 Å². The molecule has 0 saturated carbocycles. The van der Waals surface area contributed by atoms with Gasteiger partial charge in [-0.15, -0.1) is 0 Å². The van der Waals surface area contributed by atoms with E-state index in [1.54, 1.807) is 4.90 Å². The molecule has 29 heavy (non-hydrogen) atoms. The second kappa shape index (κ2) is 7.35. The minimum Gasteiger partial charge on any atom is -0.336 e. The quantitative estimate of drug-likeness (QED) is 0.818. The number of nitrogens with zero attached hydrogens (tertiary/aromatic N) is 2. The van der Waals surface area contributed by atoms with Crippen molar-refractivity contribution in [2.75, 3.05) is 13.1 Å². The molecule has 2 aliphatic heterocycles. The van der Waals surface area contributed by atoms with Crippen molar-refractivity contribution in [1.82, 2.24) is 15.1 Å². The Balaban J connectivity index is 1.54. The lowest BCUT2D eigenvalue weighted by molar-refractivity contribution is -0.133. The van der Waals surface area contributed by atoms with Gasteiger partial charge in [-0.3, -0.25) is 14.5 Å². The van der Waals surface area contributed by atoms with E-state index in [2.05, 4.69) is 5.32 Å². The van der Waals surface area contributed by atoms with E-state index in [-0.39, 0.29) is 30.9 Å². The summed E-state index contributed by atoms with van der Waals surface area (Å²) >= 11 is 0. The highest BCUT2D eigenvalue weighted by Gasteiger charge is 2.53. The maximum Gasteiger partial charge on any atom is 0.325 e. The first-order valence-corrected chi connectivity index (χ1v) is 9.94. The largest absolute Gasteiger partial charge is 0.336 e. The second-order valence-corrected chi connectivity index (χ2v) is 8.10. The monoisotopic (exact) mass is 391 g/mol. The summed E-state index contributed by atoms with van der Waals surface area (Å²) in [5, 5.41) is 2.89. The van der Waals surface area contributed by atoms with Gasteiger partial charge in [0.05, 0.1) is 13.1 Å². The lowest BCUT2D eigenvalue weighted by atomic mass is 9.88. The number of nitrogens with one attached hydrogen (secondary N) is 1. The fourth-order valence-electron chi connectivity index (χ4n) is 4.37. The van der Waals surface area contributed by atoms with Crippen LogP contribution < -0.4 is 5.32 Å². The Morgan fingerprint density at radius 2 is 1.76 bits per heavy atom. The molecule has 2 fully saturated rings. The summed E-state index contributed by atoms with van der Waals surface area (Å²) in [5.74, 6) is -0.344. The predicted octanol–water partition coefficient (Wildman–Crippen LogP) is 3.03. The van der Waals surface area contributed by atoms with Crippen LogP contribution >= 0.6 is 0 Å². The third kappa shape index (κ3) is 3.62. The molecule has 2 aliphatic rings. The van der Waals surface area contributed by atoms with Crippen molar-refractivity contribution in [1.29, 1.82) is 0 Å². The second-order valence-electron chi connectivity index (χ2n) is 8.10. The van der Waals surface area contributed by atoms with Crippen molar-refractivity contribution >= 4 is 17.8 Å². The highest BCUT2D eigenvalue weighted by molar-refractivity contribution is 6.07. The van der Waals surface area contributed by atoms with Gasteiger partial charge in [0.15, 0.2) is 0 Å². The summed E-state index contributed by atoms with van der Waals surface area (Å²) in [6.07, 6.45) is 1.21. The molecule has 2 aromatic carbocycles. The summed E-state index contributed by atoms with van der Waals surface area (Å²) in [7, 11) is 0. The zero-order valence-electron chi connectivity index (χ0n) is 16.8. The van der Waals surface area contributed by atoms with Crippen LogP contribution in [-0.4, -0.2) is 46.3 Å². The molecule has 1 spiro atoms. The molecule has 6 heteroatoms. The number of carbonyl (C=O) groups is 3. The number of hydrogen-bond donors (Lipinski definition) is 1. The van der Waals surface area contributed by atoms with Gasteiger partial charge in [0, 0.05) is 12.1 Å². The van der Waals surface area contributed by atoms with Crippen LogP contribution in [0.3, 0.4) is 0 Å². The number of aryl methyl sites for hydroxylation is 2. The van der Waals surface area contributed by atoms with Crippen LogP contribution in [0.4, 0.5) is 4.79 Å². The van der Waals surface area contributed by atoms with Gasteiger partial charge in [0.25, 0.3) is 11.8 Å². The average Bonchev–Trinajstić information content (AvgIpc) is 2.91. The van der Waals surface area contributed by atoms with E-state index in [4.69, 9.17) is 0 Å². The first kappa shape index (κ1) is 19.2. The van der Waals surface area contributed by atoms with Gasteiger partial charge in [0.2, 0.25) is 0 Å². The molecule has 1 N–H and O–H groups in total. The normalized spacial score (nSPS) is 21.6. The number of rotatable bonds is 3. The summed E-state index contributed by atoms with van der Waals surface area (Å²) in [6, 6.07) is 14.8. The number of hydrogen-bond acceptors (Lipinski definition) is 3. The summed E-state index contributed by atoms with van der Waals surface area (Å²) < 4.78 is 0. The summed E-state index contributed by atoms with van der Waals surface area (Å²) in [5.41, 5.74) is 2.54. The number of urea groups is 1. The maximum atomic E-state index is 13.2. The van der Waals surface area contributed by atoms with Gasteiger partial charge < -0.3 is 10.2 Å². The zero-order valence-corrected chi connectivity index (χ0v) is 16.8. The van der Waals surface area contributed by atoms with E-state index in [0.717, 1.165) is 16.7 Å². The van der Waals surface area contributed by atoms with Crippen molar-refractivity contribution < 1.29 is 14.4 Å². The predicted molar refractivity (Wildman–Crippen MR) is 109 cm³/mol. The summed E-state index contributed by atoms with van der Waals surface area (Å²) in [6.45, 7) is 4.94. The topological polar surface area (TPSA) is 69.7 Å².